The minimum atomic E-state index is -0.285. The summed E-state index contributed by atoms with van der Waals surface area (Å²) in [5, 5.41) is 10.7. The molecule has 1 spiro atoms. The summed E-state index contributed by atoms with van der Waals surface area (Å²) >= 11 is 1.77. The summed E-state index contributed by atoms with van der Waals surface area (Å²) in [6.45, 7) is 3.00. The van der Waals surface area contributed by atoms with Crippen LogP contribution in [-0.4, -0.2) is 17.3 Å². The maximum atomic E-state index is 10.7. The van der Waals surface area contributed by atoms with Gasteiger partial charge in [-0.15, -0.1) is 11.3 Å². The summed E-state index contributed by atoms with van der Waals surface area (Å²) in [4.78, 5) is 2.52. The molecule has 2 aliphatic rings. The number of aryl methyl sites for hydroxylation is 1. The van der Waals surface area contributed by atoms with Crippen LogP contribution in [-0.2, 0) is 11.2 Å². The lowest BCUT2D eigenvalue weighted by Crippen LogP contribution is -2.39. The van der Waals surface area contributed by atoms with Gasteiger partial charge in [0.15, 0.2) is 0 Å². The molecule has 1 aliphatic carbocycles. The molecular formula is C16H24O2S. The Morgan fingerprint density at radius 1 is 1.42 bits per heavy atom. The van der Waals surface area contributed by atoms with Crippen LogP contribution in [0.25, 0.3) is 0 Å². The summed E-state index contributed by atoms with van der Waals surface area (Å²) in [7, 11) is 0. The maximum absolute atomic E-state index is 10.7. The number of rotatable bonds is 3. The Morgan fingerprint density at radius 2 is 2.21 bits per heavy atom. The Kier molecular flexibility index (Phi) is 3.97. The number of hydrogen-bond donors (Lipinski definition) is 1. The van der Waals surface area contributed by atoms with E-state index in [0.717, 1.165) is 30.7 Å². The van der Waals surface area contributed by atoms with E-state index in [1.807, 2.05) is 0 Å². The molecular weight excluding hydrogens is 256 g/mol. The van der Waals surface area contributed by atoms with Crippen LogP contribution >= 0.6 is 11.3 Å². The van der Waals surface area contributed by atoms with Crippen molar-refractivity contribution in [1.29, 1.82) is 0 Å². The van der Waals surface area contributed by atoms with Gasteiger partial charge in [-0.05, 0) is 50.2 Å². The molecule has 1 aliphatic heterocycles. The molecule has 2 fully saturated rings. The topological polar surface area (TPSA) is 29.5 Å². The van der Waals surface area contributed by atoms with Gasteiger partial charge < -0.3 is 9.84 Å². The summed E-state index contributed by atoms with van der Waals surface area (Å²) in [5.74, 6) is 0.384. The van der Waals surface area contributed by atoms with E-state index in [-0.39, 0.29) is 11.7 Å². The van der Waals surface area contributed by atoms with Crippen LogP contribution in [0.1, 0.15) is 61.3 Å². The summed E-state index contributed by atoms with van der Waals surface area (Å²) in [5.41, 5.74) is 0.106. The van der Waals surface area contributed by atoms with Gasteiger partial charge in [-0.2, -0.15) is 0 Å². The molecule has 2 nitrogen and oxygen atoms in total. The van der Waals surface area contributed by atoms with Crippen LogP contribution in [0.15, 0.2) is 12.1 Å². The Bertz CT molecular complexity index is 420. The van der Waals surface area contributed by atoms with E-state index in [1.165, 1.54) is 30.6 Å². The van der Waals surface area contributed by atoms with Crippen LogP contribution in [0.5, 0.6) is 0 Å². The molecule has 1 aromatic rings. The molecule has 3 heteroatoms. The van der Waals surface area contributed by atoms with E-state index in [0.29, 0.717) is 5.92 Å². The highest BCUT2D eigenvalue weighted by molar-refractivity contribution is 7.12. The molecule has 0 bridgehead atoms. The van der Waals surface area contributed by atoms with Crippen molar-refractivity contribution in [3.63, 3.8) is 0 Å². The SMILES string of the molecule is CCc1ccc(C(O)C2CCOC3(CCCC3)C2)s1. The van der Waals surface area contributed by atoms with Gasteiger partial charge in [-0.3, -0.25) is 0 Å². The molecule has 106 valence electrons. The highest BCUT2D eigenvalue weighted by Gasteiger charge is 2.42. The molecule has 0 aromatic carbocycles. The quantitative estimate of drug-likeness (QED) is 0.904. The zero-order valence-electron chi connectivity index (χ0n) is 11.7. The van der Waals surface area contributed by atoms with Gasteiger partial charge in [0.1, 0.15) is 0 Å². The molecule has 0 radical (unpaired) electrons. The number of ether oxygens (including phenoxy) is 1. The van der Waals surface area contributed by atoms with E-state index >= 15 is 0 Å². The third-order valence-corrected chi connectivity index (χ3v) is 6.12. The molecule has 1 saturated heterocycles. The minimum absolute atomic E-state index is 0.106. The van der Waals surface area contributed by atoms with Crippen LogP contribution in [0.4, 0.5) is 0 Å². The molecule has 19 heavy (non-hydrogen) atoms. The second-order valence-corrected chi connectivity index (χ2v) is 7.29. The zero-order chi connectivity index (χ0) is 13.3. The van der Waals surface area contributed by atoms with E-state index in [9.17, 15) is 5.11 Å². The first-order chi connectivity index (χ1) is 9.22. The summed E-state index contributed by atoms with van der Waals surface area (Å²) in [6, 6.07) is 4.28. The third-order valence-electron chi connectivity index (χ3n) is 4.81. The number of hydrogen-bond acceptors (Lipinski definition) is 3. The Hall–Kier alpha value is -0.380. The summed E-state index contributed by atoms with van der Waals surface area (Å²) in [6.07, 6.45) is 7.81. The van der Waals surface area contributed by atoms with Gasteiger partial charge in [-0.25, -0.2) is 0 Å². The van der Waals surface area contributed by atoms with Crippen molar-refractivity contribution in [2.75, 3.05) is 6.61 Å². The second-order valence-electron chi connectivity index (χ2n) is 6.09. The largest absolute Gasteiger partial charge is 0.387 e. The normalized spacial score (nSPS) is 27.8. The van der Waals surface area contributed by atoms with Gasteiger partial charge >= 0.3 is 0 Å². The van der Waals surface area contributed by atoms with Crippen molar-refractivity contribution in [2.45, 2.75) is 63.6 Å². The van der Waals surface area contributed by atoms with Gasteiger partial charge in [0.2, 0.25) is 0 Å². The smallest absolute Gasteiger partial charge is 0.0912 e. The molecule has 0 amide bonds. The first-order valence-corrected chi connectivity index (χ1v) is 8.45. The molecule has 2 atom stereocenters. The van der Waals surface area contributed by atoms with Crippen molar-refractivity contribution in [2.24, 2.45) is 5.92 Å². The van der Waals surface area contributed by atoms with Crippen molar-refractivity contribution in [1.82, 2.24) is 0 Å². The molecule has 2 unspecified atom stereocenters. The highest BCUT2D eigenvalue weighted by Crippen LogP contribution is 2.46. The number of aliphatic hydroxyl groups is 1. The molecule has 3 rings (SSSR count). The van der Waals surface area contributed by atoms with Gasteiger partial charge in [0.05, 0.1) is 11.7 Å². The van der Waals surface area contributed by atoms with E-state index in [1.54, 1.807) is 11.3 Å². The van der Waals surface area contributed by atoms with Crippen molar-refractivity contribution in [3.8, 4) is 0 Å². The summed E-state index contributed by atoms with van der Waals surface area (Å²) < 4.78 is 6.06. The lowest BCUT2D eigenvalue weighted by atomic mass is 9.81. The van der Waals surface area contributed by atoms with Gasteiger partial charge in [0.25, 0.3) is 0 Å². The van der Waals surface area contributed by atoms with Gasteiger partial charge in [0, 0.05) is 16.4 Å². The van der Waals surface area contributed by atoms with E-state index < -0.39 is 0 Å². The predicted octanol–water partition coefficient (Wildman–Crippen LogP) is 4.08. The van der Waals surface area contributed by atoms with Crippen molar-refractivity contribution >= 4 is 11.3 Å². The fourth-order valence-corrected chi connectivity index (χ4v) is 4.71. The predicted molar refractivity (Wildman–Crippen MR) is 78.5 cm³/mol. The van der Waals surface area contributed by atoms with Crippen LogP contribution in [0.2, 0.25) is 0 Å². The van der Waals surface area contributed by atoms with Crippen LogP contribution in [0, 0.1) is 5.92 Å². The monoisotopic (exact) mass is 280 g/mol. The Morgan fingerprint density at radius 3 is 2.89 bits per heavy atom. The van der Waals surface area contributed by atoms with E-state index in [2.05, 4.69) is 19.1 Å². The maximum Gasteiger partial charge on any atom is 0.0912 e. The lowest BCUT2D eigenvalue weighted by Gasteiger charge is -2.39. The number of aliphatic hydroxyl groups excluding tert-OH is 1. The fraction of sp³-hybridized carbons (Fsp3) is 0.750. The van der Waals surface area contributed by atoms with Crippen LogP contribution in [0.3, 0.4) is 0 Å². The van der Waals surface area contributed by atoms with E-state index in [4.69, 9.17) is 4.74 Å². The standard InChI is InChI=1S/C16H24O2S/c1-2-13-5-6-14(19-13)15(17)12-7-10-18-16(11-12)8-3-4-9-16/h5-6,12,15,17H,2-4,7-11H2,1H3. The average Bonchev–Trinajstić information content (AvgIpc) is 3.07. The van der Waals surface area contributed by atoms with Crippen LogP contribution < -0.4 is 0 Å². The van der Waals surface area contributed by atoms with Crippen molar-refractivity contribution < 1.29 is 9.84 Å². The fourth-order valence-electron chi connectivity index (χ4n) is 3.68. The second kappa shape index (κ2) is 5.55. The minimum Gasteiger partial charge on any atom is -0.387 e. The highest BCUT2D eigenvalue weighted by atomic mass is 32.1. The Balaban J connectivity index is 1.70. The Labute approximate surface area is 119 Å². The molecule has 1 aromatic heterocycles. The zero-order valence-corrected chi connectivity index (χ0v) is 12.5. The van der Waals surface area contributed by atoms with Crippen molar-refractivity contribution in [3.05, 3.63) is 21.9 Å². The first kappa shape index (κ1) is 13.6. The first-order valence-electron chi connectivity index (χ1n) is 7.63. The molecule has 2 heterocycles. The molecule has 1 saturated carbocycles. The lowest BCUT2D eigenvalue weighted by molar-refractivity contribution is -0.112. The third kappa shape index (κ3) is 2.74. The van der Waals surface area contributed by atoms with Gasteiger partial charge in [-0.1, -0.05) is 19.8 Å². The average molecular weight is 280 g/mol. The number of thiophene rings is 1. The molecule has 1 N–H and O–H groups in total.